The summed E-state index contributed by atoms with van der Waals surface area (Å²) in [5, 5.41) is 0. The van der Waals surface area contributed by atoms with Crippen LogP contribution in [-0.2, 0) is 14.3 Å². The smallest absolute Gasteiger partial charge is 0.309 e. The van der Waals surface area contributed by atoms with Gasteiger partial charge in [-0.3, -0.25) is 4.79 Å². The van der Waals surface area contributed by atoms with E-state index in [4.69, 9.17) is 9.47 Å². The Morgan fingerprint density at radius 2 is 2.42 bits per heavy atom. The number of allylic oxidation sites excluding steroid dienone is 1. The van der Waals surface area contributed by atoms with Crippen LogP contribution in [0.4, 0.5) is 0 Å². The molecule has 1 rings (SSSR count). The van der Waals surface area contributed by atoms with Crippen LogP contribution in [-0.4, -0.2) is 25.3 Å². The van der Waals surface area contributed by atoms with Crippen molar-refractivity contribution in [1.82, 2.24) is 0 Å². The molecule has 0 saturated carbocycles. The van der Waals surface area contributed by atoms with E-state index >= 15 is 0 Å². The lowest BCUT2D eigenvalue weighted by atomic mass is 10.3. The quantitative estimate of drug-likeness (QED) is 0.354. The minimum Gasteiger partial charge on any atom is -0.463 e. The van der Waals surface area contributed by atoms with Crippen LogP contribution < -0.4 is 0 Å². The molecule has 1 aliphatic rings. The molecule has 0 aromatic carbocycles. The fourth-order valence-electron chi connectivity index (χ4n) is 0.755. The second kappa shape index (κ2) is 4.93. The Bertz CT molecular complexity index is 171. The predicted molar refractivity (Wildman–Crippen MR) is 44.7 cm³/mol. The van der Waals surface area contributed by atoms with E-state index in [0.717, 1.165) is 13.0 Å². The molecule has 1 heterocycles. The zero-order chi connectivity index (χ0) is 8.81. The van der Waals surface area contributed by atoms with Crippen LogP contribution in [0.2, 0.25) is 0 Å². The number of esters is 1. The maximum absolute atomic E-state index is 10.9. The van der Waals surface area contributed by atoms with Gasteiger partial charge in [0, 0.05) is 0 Å². The molecule has 12 heavy (non-hydrogen) atoms. The van der Waals surface area contributed by atoms with Gasteiger partial charge in [-0.15, -0.1) is 0 Å². The molecule has 0 bridgehead atoms. The highest BCUT2D eigenvalue weighted by Gasteiger charge is 2.23. The van der Waals surface area contributed by atoms with Crippen molar-refractivity contribution in [3.05, 3.63) is 12.2 Å². The molecule has 68 valence electrons. The number of hydrogen-bond acceptors (Lipinski definition) is 3. The van der Waals surface area contributed by atoms with Crippen LogP contribution in [0.15, 0.2) is 12.2 Å². The molecule has 0 spiro atoms. The molecule has 0 N–H and O–H groups in total. The van der Waals surface area contributed by atoms with E-state index in [1.807, 2.05) is 19.1 Å². The normalized spacial score (nSPS) is 21.2. The van der Waals surface area contributed by atoms with Gasteiger partial charge in [-0.25, -0.2) is 0 Å². The molecule has 0 aromatic rings. The highest BCUT2D eigenvalue weighted by atomic mass is 16.6. The van der Waals surface area contributed by atoms with E-state index in [0.29, 0.717) is 13.0 Å². The average Bonchev–Trinajstić information content (AvgIpc) is 2.84. The highest BCUT2D eigenvalue weighted by Crippen LogP contribution is 2.08. The molecule has 0 aromatic heterocycles. The van der Waals surface area contributed by atoms with Crippen molar-refractivity contribution in [3.63, 3.8) is 0 Å². The van der Waals surface area contributed by atoms with E-state index in [9.17, 15) is 4.79 Å². The van der Waals surface area contributed by atoms with Crippen LogP contribution in [0.3, 0.4) is 0 Å². The van der Waals surface area contributed by atoms with Crippen LogP contribution in [0.1, 0.15) is 19.8 Å². The third-order valence-electron chi connectivity index (χ3n) is 1.52. The number of rotatable bonds is 5. The maximum Gasteiger partial charge on any atom is 0.309 e. The summed E-state index contributed by atoms with van der Waals surface area (Å²) in [4.78, 5) is 10.9. The number of ether oxygens (including phenoxy) is 2. The number of epoxide rings is 1. The van der Waals surface area contributed by atoms with E-state index in [-0.39, 0.29) is 12.1 Å². The van der Waals surface area contributed by atoms with Gasteiger partial charge in [0.2, 0.25) is 0 Å². The van der Waals surface area contributed by atoms with Crippen LogP contribution in [0.5, 0.6) is 0 Å². The third kappa shape index (κ3) is 4.13. The van der Waals surface area contributed by atoms with Crippen LogP contribution in [0.25, 0.3) is 0 Å². The molecule has 1 atom stereocenters. The summed E-state index contributed by atoms with van der Waals surface area (Å²) in [5.74, 6) is -0.171. The predicted octanol–water partition coefficient (Wildman–Crippen LogP) is 1.28. The lowest BCUT2D eigenvalue weighted by Gasteiger charge is -1.98. The molecule has 0 radical (unpaired) electrons. The number of carbonyl (C=O) groups excluding carboxylic acids is 1. The molecule has 3 heteroatoms. The van der Waals surface area contributed by atoms with Crippen molar-refractivity contribution in [2.75, 3.05) is 13.2 Å². The molecule has 0 aliphatic carbocycles. The first-order chi connectivity index (χ1) is 5.83. The molecular weight excluding hydrogens is 156 g/mol. The largest absolute Gasteiger partial charge is 0.463 e. The van der Waals surface area contributed by atoms with Crippen molar-refractivity contribution in [1.29, 1.82) is 0 Å². The van der Waals surface area contributed by atoms with Crippen molar-refractivity contribution >= 4 is 5.97 Å². The summed E-state index contributed by atoms with van der Waals surface area (Å²) in [6.45, 7) is 3.18. The van der Waals surface area contributed by atoms with Gasteiger partial charge >= 0.3 is 5.97 Å². The fourth-order valence-corrected chi connectivity index (χ4v) is 0.755. The van der Waals surface area contributed by atoms with Gasteiger partial charge in [0.05, 0.1) is 13.0 Å². The Kier molecular flexibility index (Phi) is 3.80. The summed E-state index contributed by atoms with van der Waals surface area (Å²) < 4.78 is 9.79. The summed E-state index contributed by atoms with van der Waals surface area (Å²) >= 11 is 0. The molecule has 1 fully saturated rings. The van der Waals surface area contributed by atoms with Crippen LogP contribution >= 0.6 is 0 Å². The Morgan fingerprint density at radius 1 is 1.67 bits per heavy atom. The maximum atomic E-state index is 10.9. The first-order valence-electron chi connectivity index (χ1n) is 4.25. The first-order valence-corrected chi connectivity index (χ1v) is 4.25. The van der Waals surface area contributed by atoms with Crippen molar-refractivity contribution in [2.24, 2.45) is 0 Å². The van der Waals surface area contributed by atoms with Gasteiger partial charge in [-0.1, -0.05) is 19.1 Å². The first kappa shape index (κ1) is 9.26. The number of carbonyl (C=O) groups is 1. The standard InChI is InChI=1S/C9H14O3/c1-2-3-4-5-9(10)12-7-8-6-11-8/h3-4,8H,2,5-7H2,1H3/b4-3+. The van der Waals surface area contributed by atoms with Gasteiger partial charge in [0.25, 0.3) is 0 Å². The summed E-state index contributed by atoms with van der Waals surface area (Å²) in [5.41, 5.74) is 0. The molecule has 1 unspecified atom stereocenters. The van der Waals surface area contributed by atoms with Crippen molar-refractivity contribution in [3.8, 4) is 0 Å². The van der Waals surface area contributed by atoms with Gasteiger partial charge in [-0.05, 0) is 6.42 Å². The van der Waals surface area contributed by atoms with E-state index < -0.39 is 0 Å². The van der Waals surface area contributed by atoms with Crippen LogP contribution in [0, 0.1) is 0 Å². The van der Waals surface area contributed by atoms with Gasteiger partial charge < -0.3 is 9.47 Å². The average molecular weight is 170 g/mol. The topological polar surface area (TPSA) is 38.8 Å². The molecule has 1 saturated heterocycles. The minimum absolute atomic E-state index is 0.170. The fraction of sp³-hybridized carbons (Fsp3) is 0.667. The molecular formula is C9H14O3. The van der Waals surface area contributed by atoms with Gasteiger partial charge in [0.15, 0.2) is 0 Å². The third-order valence-corrected chi connectivity index (χ3v) is 1.52. The Labute approximate surface area is 72.4 Å². The highest BCUT2D eigenvalue weighted by molar-refractivity contribution is 5.71. The zero-order valence-electron chi connectivity index (χ0n) is 7.29. The SMILES string of the molecule is CC/C=C/CC(=O)OCC1CO1. The second-order valence-electron chi connectivity index (χ2n) is 2.72. The Hall–Kier alpha value is -0.830. The van der Waals surface area contributed by atoms with Gasteiger partial charge in [-0.2, -0.15) is 0 Å². The lowest BCUT2D eigenvalue weighted by molar-refractivity contribution is -0.143. The van der Waals surface area contributed by atoms with E-state index in [1.54, 1.807) is 0 Å². The molecule has 1 aliphatic heterocycles. The Balaban J connectivity index is 1.98. The monoisotopic (exact) mass is 170 g/mol. The van der Waals surface area contributed by atoms with Crippen molar-refractivity contribution in [2.45, 2.75) is 25.9 Å². The van der Waals surface area contributed by atoms with Crippen molar-refractivity contribution < 1.29 is 14.3 Å². The minimum atomic E-state index is -0.171. The van der Waals surface area contributed by atoms with E-state index in [1.165, 1.54) is 0 Å². The zero-order valence-corrected chi connectivity index (χ0v) is 7.29. The summed E-state index contributed by atoms with van der Waals surface area (Å²) in [6.07, 6.45) is 5.29. The summed E-state index contributed by atoms with van der Waals surface area (Å²) in [6, 6.07) is 0. The lowest BCUT2D eigenvalue weighted by Crippen LogP contribution is -2.08. The second-order valence-corrected chi connectivity index (χ2v) is 2.72. The van der Waals surface area contributed by atoms with E-state index in [2.05, 4.69) is 0 Å². The summed E-state index contributed by atoms with van der Waals surface area (Å²) in [7, 11) is 0. The van der Waals surface area contributed by atoms with Gasteiger partial charge in [0.1, 0.15) is 12.7 Å². The molecule has 3 nitrogen and oxygen atoms in total. The molecule has 0 amide bonds. The number of hydrogen-bond donors (Lipinski definition) is 0. The Morgan fingerprint density at radius 3 is 3.00 bits per heavy atom.